The molecule has 0 saturated carbocycles. The highest BCUT2D eigenvalue weighted by molar-refractivity contribution is 9.10. The smallest absolute Gasteiger partial charge is 0.0837 e. The Balaban J connectivity index is 2.52. The molecular weight excluding hydrogens is 302 g/mol. The number of hydrogen-bond acceptors (Lipinski definition) is 2. The van der Waals surface area contributed by atoms with Crippen LogP contribution in [0.3, 0.4) is 0 Å². The van der Waals surface area contributed by atoms with E-state index in [1.54, 1.807) is 10.9 Å². The summed E-state index contributed by atoms with van der Waals surface area (Å²) < 4.78 is 2.85. The summed E-state index contributed by atoms with van der Waals surface area (Å²) in [6, 6.07) is 8.10. The van der Waals surface area contributed by atoms with Crippen molar-refractivity contribution >= 4 is 27.5 Å². The van der Waals surface area contributed by atoms with Gasteiger partial charge >= 0.3 is 0 Å². The number of aryl methyl sites for hydroxylation is 1. The first-order chi connectivity index (χ1) is 8.15. The van der Waals surface area contributed by atoms with Crippen molar-refractivity contribution in [2.45, 2.75) is 6.04 Å². The highest BCUT2D eigenvalue weighted by Crippen LogP contribution is 2.31. The van der Waals surface area contributed by atoms with Gasteiger partial charge in [-0.05, 0) is 18.7 Å². The van der Waals surface area contributed by atoms with Crippen LogP contribution in [-0.2, 0) is 7.05 Å². The number of nitrogens with one attached hydrogen (secondary N) is 1. The van der Waals surface area contributed by atoms with Crippen LogP contribution in [0.15, 0.2) is 34.9 Å². The summed E-state index contributed by atoms with van der Waals surface area (Å²) in [6.07, 6.45) is 1.66. The van der Waals surface area contributed by atoms with Crippen LogP contribution in [0.25, 0.3) is 0 Å². The summed E-state index contributed by atoms with van der Waals surface area (Å²) in [6.45, 7) is 0. The molecule has 90 valence electrons. The molecule has 17 heavy (non-hydrogen) atoms. The molecule has 3 nitrogen and oxygen atoms in total. The minimum atomic E-state index is 0.0191. The first-order valence-corrected chi connectivity index (χ1v) is 6.41. The molecule has 0 bridgehead atoms. The van der Waals surface area contributed by atoms with E-state index >= 15 is 0 Å². The Kier molecular flexibility index (Phi) is 3.86. The highest BCUT2D eigenvalue weighted by atomic mass is 79.9. The molecule has 0 spiro atoms. The van der Waals surface area contributed by atoms with Gasteiger partial charge in [-0.25, -0.2) is 0 Å². The monoisotopic (exact) mass is 313 g/mol. The fourth-order valence-electron chi connectivity index (χ4n) is 1.89. The fourth-order valence-corrected chi connectivity index (χ4v) is 2.68. The van der Waals surface area contributed by atoms with Crippen molar-refractivity contribution in [3.63, 3.8) is 0 Å². The second-order valence-electron chi connectivity index (χ2n) is 3.74. The van der Waals surface area contributed by atoms with Gasteiger partial charge in [0.2, 0.25) is 0 Å². The minimum Gasteiger partial charge on any atom is -0.308 e. The molecular formula is C12H13BrClN3. The van der Waals surface area contributed by atoms with Gasteiger partial charge in [0.05, 0.1) is 23.0 Å². The second kappa shape index (κ2) is 5.21. The lowest BCUT2D eigenvalue weighted by atomic mass is 10.0. The Morgan fingerprint density at radius 2 is 2.12 bits per heavy atom. The molecule has 1 aromatic heterocycles. The largest absolute Gasteiger partial charge is 0.308 e. The average molecular weight is 315 g/mol. The predicted octanol–water partition coefficient (Wildman–Crippen LogP) is 3.14. The van der Waals surface area contributed by atoms with Crippen LogP contribution in [0, 0.1) is 0 Å². The van der Waals surface area contributed by atoms with Crippen molar-refractivity contribution in [1.82, 2.24) is 15.1 Å². The zero-order valence-electron chi connectivity index (χ0n) is 9.61. The maximum atomic E-state index is 6.18. The van der Waals surface area contributed by atoms with E-state index in [9.17, 15) is 0 Å². The number of benzene rings is 1. The van der Waals surface area contributed by atoms with Crippen LogP contribution >= 0.6 is 27.5 Å². The molecule has 1 N–H and O–H groups in total. The van der Waals surface area contributed by atoms with Crippen LogP contribution in [-0.4, -0.2) is 16.8 Å². The summed E-state index contributed by atoms with van der Waals surface area (Å²) in [5.74, 6) is 0. The third-order valence-corrected chi connectivity index (χ3v) is 3.73. The third-order valence-electron chi connectivity index (χ3n) is 2.72. The van der Waals surface area contributed by atoms with E-state index in [0.717, 1.165) is 15.7 Å². The van der Waals surface area contributed by atoms with Gasteiger partial charge in [-0.2, -0.15) is 5.10 Å². The summed E-state index contributed by atoms with van der Waals surface area (Å²) in [5, 5.41) is 8.11. The maximum Gasteiger partial charge on any atom is 0.0837 e. The summed E-state index contributed by atoms with van der Waals surface area (Å²) in [4.78, 5) is 0. The molecule has 1 unspecified atom stereocenters. The van der Waals surface area contributed by atoms with Crippen molar-refractivity contribution in [2.24, 2.45) is 7.05 Å². The minimum absolute atomic E-state index is 0.0191. The summed E-state index contributed by atoms with van der Waals surface area (Å²) in [7, 11) is 3.80. The predicted molar refractivity (Wildman–Crippen MR) is 73.3 cm³/mol. The van der Waals surface area contributed by atoms with Gasteiger partial charge in [0, 0.05) is 11.5 Å². The Labute approximate surface area is 114 Å². The molecule has 0 saturated heterocycles. The third kappa shape index (κ3) is 2.39. The first-order valence-electron chi connectivity index (χ1n) is 5.24. The fraction of sp³-hybridized carbons (Fsp3) is 0.250. The zero-order chi connectivity index (χ0) is 12.4. The average Bonchev–Trinajstić information content (AvgIpc) is 2.64. The van der Waals surface area contributed by atoms with Gasteiger partial charge < -0.3 is 5.32 Å². The van der Waals surface area contributed by atoms with Gasteiger partial charge in [0.15, 0.2) is 0 Å². The molecule has 0 aliphatic carbocycles. The van der Waals surface area contributed by atoms with Gasteiger partial charge in [-0.3, -0.25) is 4.68 Å². The zero-order valence-corrected chi connectivity index (χ0v) is 12.0. The van der Waals surface area contributed by atoms with Crippen molar-refractivity contribution in [2.75, 3.05) is 7.05 Å². The molecule has 1 atom stereocenters. The number of halogens is 2. The molecule has 0 radical (unpaired) electrons. The van der Waals surface area contributed by atoms with Crippen molar-refractivity contribution < 1.29 is 0 Å². The van der Waals surface area contributed by atoms with Crippen LogP contribution in [0.4, 0.5) is 0 Å². The number of aromatic nitrogens is 2. The van der Waals surface area contributed by atoms with Crippen LogP contribution in [0.5, 0.6) is 0 Å². The van der Waals surface area contributed by atoms with E-state index in [1.165, 1.54) is 0 Å². The van der Waals surface area contributed by atoms with Gasteiger partial charge in [0.1, 0.15) is 0 Å². The van der Waals surface area contributed by atoms with Crippen LogP contribution < -0.4 is 5.32 Å². The van der Waals surface area contributed by atoms with Crippen molar-refractivity contribution in [3.8, 4) is 0 Å². The molecule has 1 aromatic carbocycles. The van der Waals surface area contributed by atoms with Crippen LogP contribution in [0.2, 0.25) is 5.02 Å². The number of nitrogens with zero attached hydrogens (tertiary/aromatic N) is 2. The topological polar surface area (TPSA) is 29.9 Å². The molecule has 0 aliphatic rings. The maximum absolute atomic E-state index is 6.18. The lowest BCUT2D eigenvalue weighted by Crippen LogP contribution is -2.21. The Hall–Kier alpha value is -0.840. The highest BCUT2D eigenvalue weighted by Gasteiger charge is 2.20. The molecule has 1 heterocycles. The van der Waals surface area contributed by atoms with Crippen LogP contribution in [0.1, 0.15) is 17.3 Å². The molecule has 2 aromatic rings. The van der Waals surface area contributed by atoms with E-state index in [2.05, 4.69) is 32.4 Å². The van der Waals surface area contributed by atoms with E-state index in [-0.39, 0.29) is 6.04 Å². The van der Waals surface area contributed by atoms with E-state index in [0.29, 0.717) is 5.02 Å². The number of rotatable bonds is 3. The summed E-state index contributed by atoms with van der Waals surface area (Å²) in [5.41, 5.74) is 2.10. The van der Waals surface area contributed by atoms with Crippen molar-refractivity contribution in [1.29, 1.82) is 0 Å². The van der Waals surface area contributed by atoms with E-state index in [4.69, 9.17) is 11.6 Å². The summed E-state index contributed by atoms with van der Waals surface area (Å²) >= 11 is 9.74. The SMILES string of the molecule is CNC(c1ccccc1Br)c1c(Cl)cnn1C. The molecule has 0 fully saturated rings. The second-order valence-corrected chi connectivity index (χ2v) is 5.01. The first kappa shape index (κ1) is 12.6. The quantitative estimate of drug-likeness (QED) is 0.943. The van der Waals surface area contributed by atoms with E-state index < -0.39 is 0 Å². The standard InChI is InChI=1S/C12H13BrClN3/c1-15-11(8-5-3-4-6-9(8)13)12-10(14)7-16-17(12)2/h3-7,11,15H,1-2H3. The van der Waals surface area contributed by atoms with Gasteiger partial charge in [-0.1, -0.05) is 45.7 Å². The number of hydrogen-bond donors (Lipinski definition) is 1. The normalized spacial score (nSPS) is 12.7. The molecule has 2 rings (SSSR count). The van der Waals surface area contributed by atoms with Crippen molar-refractivity contribution in [3.05, 3.63) is 51.2 Å². The van der Waals surface area contributed by atoms with E-state index in [1.807, 2.05) is 32.3 Å². The molecule has 0 aliphatic heterocycles. The van der Waals surface area contributed by atoms with Gasteiger partial charge in [-0.15, -0.1) is 0 Å². The lowest BCUT2D eigenvalue weighted by molar-refractivity contribution is 0.604. The Morgan fingerprint density at radius 3 is 2.65 bits per heavy atom. The van der Waals surface area contributed by atoms with Gasteiger partial charge in [0.25, 0.3) is 0 Å². The lowest BCUT2D eigenvalue weighted by Gasteiger charge is -2.19. The molecule has 0 amide bonds. The Bertz CT molecular complexity index is 505. The molecule has 5 heteroatoms. The Morgan fingerprint density at radius 1 is 1.41 bits per heavy atom.